The molecule has 3 nitrogen and oxygen atoms in total. The number of para-hydroxylation sites is 1. The molecule has 2 aromatic carbocycles. The number of anilines is 1. The number of hydrogen-bond donors (Lipinski definition) is 1. The molecule has 3 rings (SSSR count). The topological polar surface area (TPSA) is 54.7 Å². The summed E-state index contributed by atoms with van der Waals surface area (Å²) < 4.78 is 1.82. The standard InChI is InChI=1S/C17H12ClN3/c18-13-8-6-12(7-9-13)16-11-21(17(20)15(16)10-19)14-4-2-1-3-5-14/h1-9,11H,20H2. The first kappa shape index (κ1) is 13.3. The van der Waals surface area contributed by atoms with Gasteiger partial charge in [0.15, 0.2) is 0 Å². The smallest absolute Gasteiger partial charge is 0.126 e. The van der Waals surface area contributed by atoms with E-state index in [4.69, 9.17) is 17.3 Å². The van der Waals surface area contributed by atoms with Crippen LogP contribution in [0.1, 0.15) is 5.56 Å². The van der Waals surface area contributed by atoms with E-state index in [1.165, 1.54) is 0 Å². The van der Waals surface area contributed by atoms with Crippen LogP contribution in [0.2, 0.25) is 5.02 Å². The fourth-order valence-electron chi connectivity index (χ4n) is 2.29. The number of nitrogens with zero attached hydrogens (tertiary/aromatic N) is 2. The monoisotopic (exact) mass is 293 g/mol. The molecule has 0 bridgehead atoms. The first-order chi connectivity index (χ1) is 10.2. The maximum atomic E-state index is 9.41. The summed E-state index contributed by atoms with van der Waals surface area (Å²) in [7, 11) is 0. The minimum atomic E-state index is 0.439. The van der Waals surface area contributed by atoms with E-state index < -0.39 is 0 Å². The van der Waals surface area contributed by atoms with Crippen LogP contribution in [0, 0.1) is 11.3 Å². The Kier molecular flexibility index (Phi) is 3.39. The van der Waals surface area contributed by atoms with E-state index in [9.17, 15) is 5.26 Å². The summed E-state index contributed by atoms with van der Waals surface area (Å²) in [5, 5.41) is 10.1. The van der Waals surface area contributed by atoms with Crippen molar-refractivity contribution in [2.24, 2.45) is 0 Å². The number of hydrogen-bond acceptors (Lipinski definition) is 2. The zero-order chi connectivity index (χ0) is 14.8. The number of nitrogen functional groups attached to an aromatic ring is 1. The van der Waals surface area contributed by atoms with Gasteiger partial charge in [0, 0.05) is 22.5 Å². The number of benzene rings is 2. The summed E-state index contributed by atoms with van der Waals surface area (Å²) in [5.74, 6) is 0.439. The highest BCUT2D eigenvalue weighted by atomic mass is 35.5. The van der Waals surface area contributed by atoms with Crippen molar-refractivity contribution >= 4 is 17.4 Å². The van der Waals surface area contributed by atoms with Crippen LogP contribution in [-0.4, -0.2) is 4.57 Å². The van der Waals surface area contributed by atoms with Crippen LogP contribution in [0.5, 0.6) is 0 Å². The van der Waals surface area contributed by atoms with Gasteiger partial charge in [0.05, 0.1) is 0 Å². The second kappa shape index (κ2) is 5.35. The summed E-state index contributed by atoms with van der Waals surface area (Å²) in [6.45, 7) is 0. The summed E-state index contributed by atoms with van der Waals surface area (Å²) >= 11 is 5.91. The van der Waals surface area contributed by atoms with Gasteiger partial charge >= 0.3 is 0 Å². The van der Waals surface area contributed by atoms with Crippen LogP contribution < -0.4 is 5.73 Å². The molecule has 0 saturated carbocycles. The molecule has 102 valence electrons. The molecule has 3 aromatic rings. The zero-order valence-electron chi connectivity index (χ0n) is 11.1. The summed E-state index contributed by atoms with van der Waals surface area (Å²) in [6.07, 6.45) is 1.88. The Balaban J connectivity index is 2.19. The molecule has 0 aliphatic heterocycles. The molecule has 0 saturated heterocycles. The first-order valence-corrected chi connectivity index (χ1v) is 6.81. The molecule has 2 N–H and O–H groups in total. The second-order valence-electron chi connectivity index (χ2n) is 4.63. The highest BCUT2D eigenvalue weighted by Crippen LogP contribution is 2.32. The molecular formula is C17H12ClN3. The van der Waals surface area contributed by atoms with Gasteiger partial charge in [0.25, 0.3) is 0 Å². The predicted molar refractivity (Wildman–Crippen MR) is 85.3 cm³/mol. The molecule has 0 unspecified atom stereocenters. The third-order valence-corrected chi connectivity index (χ3v) is 3.60. The van der Waals surface area contributed by atoms with Crippen molar-refractivity contribution in [1.29, 1.82) is 5.26 Å². The van der Waals surface area contributed by atoms with Crippen molar-refractivity contribution in [1.82, 2.24) is 4.57 Å². The highest BCUT2D eigenvalue weighted by Gasteiger charge is 2.15. The minimum Gasteiger partial charge on any atom is -0.384 e. The van der Waals surface area contributed by atoms with E-state index in [-0.39, 0.29) is 0 Å². The van der Waals surface area contributed by atoms with Gasteiger partial charge in [0.2, 0.25) is 0 Å². The summed E-state index contributed by atoms with van der Waals surface area (Å²) in [6, 6.07) is 19.3. The fraction of sp³-hybridized carbons (Fsp3) is 0. The van der Waals surface area contributed by atoms with Crippen molar-refractivity contribution in [3.8, 4) is 22.9 Å². The van der Waals surface area contributed by atoms with Gasteiger partial charge < -0.3 is 10.3 Å². The molecule has 1 heterocycles. The number of rotatable bonds is 2. The van der Waals surface area contributed by atoms with Crippen LogP contribution in [0.3, 0.4) is 0 Å². The molecule has 0 aliphatic rings. The molecule has 1 aromatic heterocycles. The van der Waals surface area contributed by atoms with Crippen molar-refractivity contribution in [3.05, 3.63) is 71.4 Å². The molecule has 0 spiro atoms. The van der Waals surface area contributed by atoms with E-state index in [0.29, 0.717) is 16.4 Å². The third kappa shape index (κ3) is 2.37. The van der Waals surface area contributed by atoms with Gasteiger partial charge in [-0.2, -0.15) is 5.26 Å². The van der Waals surface area contributed by atoms with Crippen LogP contribution in [-0.2, 0) is 0 Å². The van der Waals surface area contributed by atoms with Crippen LogP contribution in [0.25, 0.3) is 16.8 Å². The number of aromatic nitrogens is 1. The summed E-state index contributed by atoms with van der Waals surface area (Å²) in [5.41, 5.74) is 9.24. The number of halogens is 1. The molecule has 0 aliphatic carbocycles. The Morgan fingerprint density at radius 3 is 2.29 bits per heavy atom. The Labute approximate surface area is 127 Å². The molecule has 0 atom stereocenters. The van der Waals surface area contributed by atoms with E-state index >= 15 is 0 Å². The van der Waals surface area contributed by atoms with Crippen molar-refractivity contribution in [3.63, 3.8) is 0 Å². The van der Waals surface area contributed by atoms with Gasteiger partial charge in [-0.1, -0.05) is 41.9 Å². The number of nitriles is 1. The van der Waals surface area contributed by atoms with Gasteiger partial charge in [-0.25, -0.2) is 0 Å². The molecular weight excluding hydrogens is 282 g/mol. The average molecular weight is 294 g/mol. The van der Waals surface area contributed by atoms with Crippen molar-refractivity contribution < 1.29 is 0 Å². The zero-order valence-corrected chi connectivity index (χ0v) is 11.9. The average Bonchev–Trinajstić information content (AvgIpc) is 2.85. The van der Waals surface area contributed by atoms with E-state index in [1.807, 2.05) is 53.2 Å². The van der Waals surface area contributed by atoms with Crippen LogP contribution in [0.4, 0.5) is 5.82 Å². The predicted octanol–water partition coefficient (Wildman–Crippen LogP) is 4.25. The van der Waals surface area contributed by atoms with E-state index in [2.05, 4.69) is 6.07 Å². The largest absolute Gasteiger partial charge is 0.384 e. The molecule has 21 heavy (non-hydrogen) atoms. The minimum absolute atomic E-state index is 0.439. The lowest BCUT2D eigenvalue weighted by atomic mass is 10.1. The maximum absolute atomic E-state index is 9.41. The van der Waals surface area contributed by atoms with Gasteiger partial charge in [-0.3, -0.25) is 0 Å². The van der Waals surface area contributed by atoms with E-state index in [1.54, 1.807) is 12.1 Å². The third-order valence-electron chi connectivity index (χ3n) is 3.34. The Morgan fingerprint density at radius 2 is 1.67 bits per heavy atom. The van der Waals surface area contributed by atoms with Gasteiger partial charge in [0.1, 0.15) is 17.5 Å². The van der Waals surface area contributed by atoms with Crippen LogP contribution >= 0.6 is 11.6 Å². The Morgan fingerprint density at radius 1 is 1.00 bits per heavy atom. The maximum Gasteiger partial charge on any atom is 0.126 e. The quantitative estimate of drug-likeness (QED) is 0.768. The van der Waals surface area contributed by atoms with Crippen molar-refractivity contribution in [2.75, 3.05) is 5.73 Å². The van der Waals surface area contributed by atoms with Crippen molar-refractivity contribution in [2.45, 2.75) is 0 Å². The highest BCUT2D eigenvalue weighted by molar-refractivity contribution is 6.30. The van der Waals surface area contributed by atoms with Gasteiger partial charge in [-0.15, -0.1) is 0 Å². The van der Waals surface area contributed by atoms with Crippen LogP contribution in [0.15, 0.2) is 60.8 Å². The van der Waals surface area contributed by atoms with E-state index in [0.717, 1.165) is 16.8 Å². The second-order valence-corrected chi connectivity index (χ2v) is 5.06. The molecule has 0 amide bonds. The molecule has 0 fully saturated rings. The van der Waals surface area contributed by atoms with Gasteiger partial charge in [-0.05, 0) is 29.8 Å². The fourth-order valence-corrected chi connectivity index (χ4v) is 2.42. The lowest BCUT2D eigenvalue weighted by molar-refractivity contribution is 1.09. The Hall–Kier alpha value is -2.70. The Bertz CT molecular complexity index is 812. The first-order valence-electron chi connectivity index (χ1n) is 6.43. The lowest BCUT2D eigenvalue weighted by Gasteiger charge is -2.04. The normalized spacial score (nSPS) is 10.3. The number of nitrogens with two attached hydrogens (primary N) is 1. The lowest BCUT2D eigenvalue weighted by Crippen LogP contribution is -1.99. The molecule has 4 heteroatoms. The molecule has 0 radical (unpaired) electrons. The SMILES string of the molecule is N#Cc1c(-c2ccc(Cl)cc2)cn(-c2ccccc2)c1N. The summed E-state index contributed by atoms with van der Waals surface area (Å²) in [4.78, 5) is 0.